The number of Topliss-reactive ketones (excluding diaryl/α,β-unsaturated/α-hetero) is 1. The van der Waals surface area contributed by atoms with Crippen molar-refractivity contribution in [3.63, 3.8) is 0 Å². The molecule has 0 saturated carbocycles. The average Bonchev–Trinajstić information content (AvgIpc) is 2.35. The molecule has 6 heteroatoms. The summed E-state index contributed by atoms with van der Waals surface area (Å²) in [6.07, 6.45) is -1.60. The largest absolute Gasteiger partial charge is 0.479 e. The molecular weight excluding hydrogens is 323 g/mol. The second kappa shape index (κ2) is 6.31. The second-order valence-electron chi connectivity index (χ2n) is 3.77. The number of aliphatic hydroxyl groups is 1. The molecule has 2 atom stereocenters. The fourth-order valence-corrected chi connectivity index (χ4v) is 2.12. The minimum atomic E-state index is -1.60. The van der Waals surface area contributed by atoms with E-state index in [2.05, 4.69) is 15.9 Å². The third-order valence-corrected chi connectivity index (χ3v) is 3.26. The number of carboxylic acids is 1. The lowest BCUT2D eigenvalue weighted by molar-refractivity contribution is -0.147. The van der Waals surface area contributed by atoms with Gasteiger partial charge in [-0.1, -0.05) is 28.1 Å². The number of carbonyl (C=O) groups is 2. The molecule has 1 aromatic carbocycles. The highest BCUT2D eigenvalue weighted by Crippen LogP contribution is 2.23. The van der Waals surface area contributed by atoms with E-state index >= 15 is 0 Å². The molecule has 0 aliphatic carbocycles. The quantitative estimate of drug-likeness (QED) is 0.640. The predicted octanol–water partition coefficient (Wildman–Crippen LogP) is 2.51. The Bertz CT molecular complexity index is 473. The summed E-state index contributed by atoms with van der Waals surface area (Å²) in [6, 6.07) is 4.44. The van der Waals surface area contributed by atoms with E-state index in [4.69, 9.17) is 16.7 Å². The smallest absolute Gasteiger partial charge is 0.337 e. The van der Waals surface area contributed by atoms with Crippen molar-refractivity contribution in [2.24, 2.45) is 0 Å². The molecule has 0 radical (unpaired) electrons. The standard InChI is InChI=1S/C12H12BrClO4/c1-6(14)10(15)7-2-3-9(8(4-7)5-13)11(16)12(17)18/h2-4,6,11,16H,5H2,1H3,(H,17,18). The minimum absolute atomic E-state index is 0.241. The van der Waals surface area contributed by atoms with Crippen molar-refractivity contribution < 1.29 is 19.8 Å². The Balaban J connectivity index is 3.19. The SMILES string of the molecule is CC(Cl)C(=O)c1ccc(C(O)C(=O)O)c(CBr)c1. The van der Waals surface area contributed by atoms with E-state index < -0.39 is 17.5 Å². The summed E-state index contributed by atoms with van der Waals surface area (Å²) in [4.78, 5) is 22.4. The molecular formula is C12H12BrClO4. The Morgan fingerprint density at radius 2 is 2.06 bits per heavy atom. The van der Waals surface area contributed by atoms with Crippen LogP contribution in [0.3, 0.4) is 0 Å². The molecule has 18 heavy (non-hydrogen) atoms. The first-order valence-electron chi connectivity index (χ1n) is 5.16. The van der Waals surface area contributed by atoms with Crippen LogP contribution in [-0.2, 0) is 10.1 Å². The van der Waals surface area contributed by atoms with Crippen molar-refractivity contribution in [1.82, 2.24) is 0 Å². The molecule has 2 unspecified atom stereocenters. The van der Waals surface area contributed by atoms with Gasteiger partial charge in [0.2, 0.25) is 0 Å². The van der Waals surface area contributed by atoms with Crippen LogP contribution in [0, 0.1) is 0 Å². The maximum absolute atomic E-state index is 11.7. The Morgan fingerprint density at radius 1 is 1.44 bits per heavy atom. The van der Waals surface area contributed by atoms with E-state index in [0.29, 0.717) is 16.5 Å². The number of carbonyl (C=O) groups excluding carboxylic acids is 1. The maximum Gasteiger partial charge on any atom is 0.337 e. The van der Waals surface area contributed by atoms with Crippen molar-refractivity contribution in [1.29, 1.82) is 0 Å². The van der Waals surface area contributed by atoms with Crippen LogP contribution in [0.1, 0.15) is 34.5 Å². The number of ketones is 1. The molecule has 4 nitrogen and oxygen atoms in total. The third-order valence-electron chi connectivity index (χ3n) is 2.46. The summed E-state index contributed by atoms with van der Waals surface area (Å²) < 4.78 is 0. The number of carboxylic acid groups (broad SMARTS) is 1. The van der Waals surface area contributed by atoms with E-state index in [9.17, 15) is 14.7 Å². The summed E-state index contributed by atoms with van der Waals surface area (Å²) in [6.45, 7) is 1.57. The number of hydrogen-bond acceptors (Lipinski definition) is 3. The van der Waals surface area contributed by atoms with E-state index in [1.165, 1.54) is 18.2 Å². The molecule has 0 heterocycles. The van der Waals surface area contributed by atoms with Gasteiger partial charge in [-0.3, -0.25) is 4.79 Å². The summed E-state index contributed by atoms with van der Waals surface area (Å²) in [7, 11) is 0. The monoisotopic (exact) mass is 334 g/mol. The van der Waals surface area contributed by atoms with Gasteiger partial charge in [0.05, 0.1) is 5.38 Å². The number of halogens is 2. The number of hydrogen-bond donors (Lipinski definition) is 2. The van der Waals surface area contributed by atoms with Gasteiger partial charge < -0.3 is 10.2 Å². The van der Waals surface area contributed by atoms with Crippen molar-refractivity contribution in [2.45, 2.75) is 23.7 Å². The minimum Gasteiger partial charge on any atom is -0.479 e. The van der Waals surface area contributed by atoms with Gasteiger partial charge in [-0.2, -0.15) is 0 Å². The predicted molar refractivity (Wildman–Crippen MR) is 71.3 cm³/mol. The zero-order chi connectivity index (χ0) is 13.9. The Kier molecular flexibility index (Phi) is 5.31. The second-order valence-corrected chi connectivity index (χ2v) is 4.98. The fraction of sp³-hybridized carbons (Fsp3) is 0.333. The number of aliphatic hydroxyl groups excluding tert-OH is 1. The summed E-state index contributed by atoms with van der Waals surface area (Å²) in [5, 5.41) is 18.0. The van der Waals surface area contributed by atoms with Gasteiger partial charge in [0, 0.05) is 10.9 Å². The first-order valence-corrected chi connectivity index (χ1v) is 6.72. The Hall–Kier alpha value is -0.910. The molecule has 1 aromatic rings. The van der Waals surface area contributed by atoms with Gasteiger partial charge in [0.15, 0.2) is 11.9 Å². The number of aliphatic carboxylic acids is 1. The molecule has 0 saturated heterocycles. The van der Waals surface area contributed by atoms with E-state index in [1.807, 2.05) is 0 Å². The number of rotatable bonds is 5. The van der Waals surface area contributed by atoms with Crippen molar-refractivity contribution >= 4 is 39.3 Å². The summed E-state index contributed by atoms with van der Waals surface area (Å²) in [5.74, 6) is -1.57. The van der Waals surface area contributed by atoms with Crippen molar-refractivity contribution in [3.8, 4) is 0 Å². The van der Waals surface area contributed by atoms with Crippen LogP contribution in [0.4, 0.5) is 0 Å². The molecule has 0 spiro atoms. The van der Waals surface area contributed by atoms with Crippen molar-refractivity contribution in [2.75, 3.05) is 0 Å². The van der Waals surface area contributed by atoms with Gasteiger partial charge in [-0.15, -0.1) is 11.6 Å². The fourth-order valence-electron chi connectivity index (χ4n) is 1.50. The van der Waals surface area contributed by atoms with Crippen LogP contribution in [-0.4, -0.2) is 27.3 Å². The van der Waals surface area contributed by atoms with Gasteiger partial charge in [-0.05, 0) is 24.1 Å². The van der Waals surface area contributed by atoms with Crippen molar-refractivity contribution in [3.05, 3.63) is 34.9 Å². The van der Waals surface area contributed by atoms with E-state index in [1.54, 1.807) is 6.92 Å². The van der Waals surface area contributed by atoms with Gasteiger partial charge in [0.25, 0.3) is 0 Å². The van der Waals surface area contributed by atoms with Crippen LogP contribution in [0.5, 0.6) is 0 Å². The first-order chi connectivity index (χ1) is 8.38. The molecule has 2 N–H and O–H groups in total. The highest BCUT2D eigenvalue weighted by atomic mass is 79.9. The highest BCUT2D eigenvalue weighted by Gasteiger charge is 2.21. The molecule has 0 fully saturated rings. The highest BCUT2D eigenvalue weighted by molar-refractivity contribution is 9.08. The third kappa shape index (κ3) is 3.31. The normalized spacial score (nSPS) is 14.0. The molecule has 1 rings (SSSR count). The average molecular weight is 336 g/mol. The molecule has 0 aliphatic rings. The lowest BCUT2D eigenvalue weighted by Gasteiger charge is -2.12. The molecule has 0 aliphatic heterocycles. The number of alkyl halides is 2. The molecule has 0 aromatic heterocycles. The van der Waals surface area contributed by atoms with Crippen LogP contribution in [0.15, 0.2) is 18.2 Å². The first kappa shape index (κ1) is 15.1. The van der Waals surface area contributed by atoms with Crippen LogP contribution < -0.4 is 0 Å². The van der Waals surface area contributed by atoms with Crippen LogP contribution in [0.2, 0.25) is 0 Å². The molecule has 0 amide bonds. The summed E-state index contributed by atoms with van der Waals surface area (Å²) in [5.41, 5.74) is 1.21. The zero-order valence-electron chi connectivity index (χ0n) is 9.56. The van der Waals surface area contributed by atoms with Crippen LogP contribution in [0.25, 0.3) is 0 Å². The lowest BCUT2D eigenvalue weighted by atomic mass is 9.98. The lowest BCUT2D eigenvalue weighted by Crippen LogP contribution is -2.15. The Morgan fingerprint density at radius 3 is 2.50 bits per heavy atom. The summed E-state index contributed by atoms with van der Waals surface area (Å²) >= 11 is 8.90. The zero-order valence-corrected chi connectivity index (χ0v) is 11.9. The number of benzene rings is 1. The van der Waals surface area contributed by atoms with Gasteiger partial charge in [-0.25, -0.2) is 4.79 Å². The topological polar surface area (TPSA) is 74.6 Å². The molecule has 0 bridgehead atoms. The maximum atomic E-state index is 11.7. The Labute approximate surface area is 118 Å². The molecule has 98 valence electrons. The van der Waals surface area contributed by atoms with Crippen LogP contribution >= 0.6 is 27.5 Å². The van der Waals surface area contributed by atoms with E-state index in [-0.39, 0.29) is 11.3 Å². The van der Waals surface area contributed by atoms with E-state index in [0.717, 1.165) is 0 Å². The van der Waals surface area contributed by atoms with Gasteiger partial charge in [0.1, 0.15) is 0 Å². The van der Waals surface area contributed by atoms with Gasteiger partial charge >= 0.3 is 5.97 Å².